The zero-order valence-corrected chi connectivity index (χ0v) is 12.2. The van der Waals surface area contributed by atoms with Crippen LogP contribution in [0.15, 0.2) is 24.3 Å². The Morgan fingerprint density at radius 3 is 2.95 bits per heavy atom. The second kappa shape index (κ2) is 7.41. The van der Waals surface area contributed by atoms with Gasteiger partial charge < -0.3 is 15.4 Å². The molecule has 0 spiro atoms. The van der Waals surface area contributed by atoms with Crippen LogP contribution in [0.5, 0.6) is 0 Å². The van der Waals surface area contributed by atoms with Gasteiger partial charge in [0.2, 0.25) is 5.91 Å². The lowest BCUT2D eigenvalue weighted by Gasteiger charge is -2.18. The maximum absolute atomic E-state index is 12.3. The number of anilines is 1. The number of benzene rings is 1. The van der Waals surface area contributed by atoms with Gasteiger partial charge in [-0.05, 0) is 31.0 Å². The highest BCUT2D eigenvalue weighted by molar-refractivity contribution is 5.95. The number of carbonyl (C=O) groups excluding carboxylic acids is 1. The second-order valence-electron chi connectivity index (χ2n) is 5.20. The number of ether oxygens (including phenoxy) is 1. The Labute approximate surface area is 120 Å². The molecule has 1 aliphatic heterocycles. The summed E-state index contributed by atoms with van der Waals surface area (Å²) in [5, 5.41) is 0. The Hall–Kier alpha value is -1.39. The molecule has 0 bridgehead atoms. The molecule has 0 radical (unpaired) electrons. The summed E-state index contributed by atoms with van der Waals surface area (Å²) >= 11 is 0. The number of hydrogen-bond acceptors (Lipinski definition) is 3. The fourth-order valence-corrected chi connectivity index (χ4v) is 2.72. The molecule has 1 aliphatic rings. The third-order valence-corrected chi connectivity index (χ3v) is 3.70. The van der Waals surface area contributed by atoms with Gasteiger partial charge in [0.1, 0.15) is 0 Å². The number of hydrogen-bond donors (Lipinski definition) is 1. The number of rotatable bonds is 7. The van der Waals surface area contributed by atoms with E-state index >= 15 is 0 Å². The topological polar surface area (TPSA) is 55.6 Å². The molecular formula is C16H24N2O2. The molecule has 2 rings (SSSR count). The van der Waals surface area contributed by atoms with Gasteiger partial charge in [0.15, 0.2) is 0 Å². The van der Waals surface area contributed by atoms with Crippen LogP contribution in [0.2, 0.25) is 0 Å². The predicted molar refractivity (Wildman–Crippen MR) is 80.9 cm³/mol. The summed E-state index contributed by atoms with van der Waals surface area (Å²) < 4.78 is 5.41. The molecular weight excluding hydrogens is 252 g/mol. The van der Waals surface area contributed by atoms with E-state index in [2.05, 4.69) is 13.0 Å². The van der Waals surface area contributed by atoms with Crippen LogP contribution in [0.1, 0.15) is 37.7 Å². The molecule has 4 nitrogen and oxygen atoms in total. The minimum atomic E-state index is 0.146. The number of fused-ring (bicyclic) bond motifs is 1. The Bertz CT molecular complexity index is 448. The first kappa shape index (κ1) is 15.0. The van der Waals surface area contributed by atoms with Gasteiger partial charge in [0.25, 0.3) is 0 Å². The van der Waals surface area contributed by atoms with Crippen molar-refractivity contribution >= 4 is 11.6 Å². The first-order chi connectivity index (χ1) is 9.77. The summed E-state index contributed by atoms with van der Waals surface area (Å²) in [5.41, 5.74) is 7.98. The van der Waals surface area contributed by atoms with Crippen LogP contribution in [-0.4, -0.2) is 32.2 Å². The van der Waals surface area contributed by atoms with Crippen LogP contribution in [0.25, 0.3) is 0 Å². The van der Waals surface area contributed by atoms with Crippen molar-refractivity contribution in [1.82, 2.24) is 0 Å². The van der Waals surface area contributed by atoms with Crippen LogP contribution < -0.4 is 10.6 Å². The molecule has 1 heterocycles. The normalized spacial score (nSPS) is 17.3. The van der Waals surface area contributed by atoms with Gasteiger partial charge in [-0.2, -0.15) is 0 Å². The van der Waals surface area contributed by atoms with Gasteiger partial charge >= 0.3 is 0 Å². The minimum Gasteiger partial charge on any atom is -0.381 e. The molecule has 1 atom stereocenters. The molecule has 1 amide bonds. The largest absolute Gasteiger partial charge is 0.381 e. The zero-order valence-electron chi connectivity index (χ0n) is 12.2. The van der Waals surface area contributed by atoms with Crippen molar-refractivity contribution < 1.29 is 9.53 Å². The average Bonchev–Trinajstić information content (AvgIpc) is 2.83. The SMILES string of the molecule is CCCOCCC(=O)N1CC(CCN)c2ccccc21. The molecule has 110 valence electrons. The summed E-state index contributed by atoms with van der Waals surface area (Å²) in [6.45, 7) is 4.70. The lowest BCUT2D eigenvalue weighted by Crippen LogP contribution is -2.30. The fourth-order valence-electron chi connectivity index (χ4n) is 2.72. The van der Waals surface area contributed by atoms with Crippen molar-refractivity contribution in [3.8, 4) is 0 Å². The van der Waals surface area contributed by atoms with E-state index in [-0.39, 0.29) is 5.91 Å². The molecule has 4 heteroatoms. The minimum absolute atomic E-state index is 0.146. The second-order valence-corrected chi connectivity index (χ2v) is 5.20. The van der Waals surface area contributed by atoms with Crippen LogP contribution in [-0.2, 0) is 9.53 Å². The molecule has 1 aromatic carbocycles. The molecule has 0 aromatic heterocycles. The summed E-state index contributed by atoms with van der Waals surface area (Å²) in [7, 11) is 0. The Morgan fingerprint density at radius 1 is 1.40 bits per heavy atom. The molecule has 0 aliphatic carbocycles. The average molecular weight is 276 g/mol. The van der Waals surface area contributed by atoms with Gasteiger partial charge in [-0.1, -0.05) is 25.1 Å². The maximum atomic E-state index is 12.3. The number of nitrogens with zero attached hydrogens (tertiary/aromatic N) is 1. The van der Waals surface area contributed by atoms with E-state index in [0.717, 1.165) is 31.7 Å². The molecule has 1 aromatic rings. The van der Waals surface area contributed by atoms with E-state index in [1.807, 2.05) is 23.1 Å². The summed E-state index contributed by atoms with van der Waals surface area (Å²) in [4.78, 5) is 14.2. The first-order valence-electron chi connectivity index (χ1n) is 7.45. The van der Waals surface area contributed by atoms with E-state index in [9.17, 15) is 4.79 Å². The van der Waals surface area contributed by atoms with Crippen LogP contribution in [0.3, 0.4) is 0 Å². The number of para-hydroxylation sites is 1. The third kappa shape index (κ3) is 3.38. The zero-order chi connectivity index (χ0) is 14.4. The predicted octanol–water partition coefficient (Wildman–Crippen LogP) is 2.28. The summed E-state index contributed by atoms with van der Waals surface area (Å²) in [6, 6.07) is 8.14. The number of amides is 1. The fraction of sp³-hybridized carbons (Fsp3) is 0.562. The van der Waals surface area contributed by atoms with E-state index in [0.29, 0.717) is 25.5 Å². The van der Waals surface area contributed by atoms with Crippen molar-refractivity contribution in [2.45, 2.75) is 32.1 Å². The van der Waals surface area contributed by atoms with Gasteiger partial charge in [-0.25, -0.2) is 0 Å². The van der Waals surface area contributed by atoms with Crippen molar-refractivity contribution in [3.05, 3.63) is 29.8 Å². The first-order valence-corrected chi connectivity index (χ1v) is 7.45. The number of nitrogens with two attached hydrogens (primary N) is 1. The Morgan fingerprint density at radius 2 is 2.20 bits per heavy atom. The Kier molecular flexibility index (Phi) is 5.56. The van der Waals surface area contributed by atoms with Gasteiger partial charge in [-0.3, -0.25) is 4.79 Å². The smallest absolute Gasteiger partial charge is 0.229 e. The Balaban J connectivity index is 2.00. The lowest BCUT2D eigenvalue weighted by molar-refractivity contribution is -0.119. The van der Waals surface area contributed by atoms with Crippen LogP contribution in [0.4, 0.5) is 5.69 Å². The van der Waals surface area contributed by atoms with E-state index in [4.69, 9.17) is 10.5 Å². The molecule has 0 fully saturated rings. The summed E-state index contributed by atoms with van der Waals surface area (Å²) in [5.74, 6) is 0.518. The van der Waals surface area contributed by atoms with Crippen molar-refractivity contribution in [2.75, 3.05) is 31.2 Å². The molecule has 2 N–H and O–H groups in total. The van der Waals surface area contributed by atoms with Gasteiger partial charge in [-0.15, -0.1) is 0 Å². The molecule has 20 heavy (non-hydrogen) atoms. The molecule has 0 saturated heterocycles. The van der Waals surface area contributed by atoms with E-state index < -0.39 is 0 Å². The van der Waals surface area contributed by atoms with Crippen molar-refractivity contribution in [3.63, 3.8) is 0 Å². The lowest BCUT2D eigenvalue weighted by atomic mass is 9.98. The third-order valence-electron chi connectivity index (χ3n) is 3.70. The van der Waals surface area contributed by atoms with Crippen LogP contribution >= 0.6 is 0 Å². The standard InChI is InChI=1S/C16H24N2O2/c1-2-10-20-11-8-16(19)18-12-13(7-9-17)14-5-3-4-6-15(14)18/h3-6,13H,2,7-12,17H2,1H3. The van der Waals surface area contributed by atoms with Gasteiger partial charge in [0, 0.05) is 24.8 Å². The highest BCUT2D eigenvalue weighted by Crippen LogP contribution is 2.37. The summed E-state index contributed by atoms with van der Waals surface area (Å²) in [6.07, 6.45) is 2.36. The monoisotopic (exact) mass is 276 g/mol. The quantitative estimate of drug-likeness (QED) is 0.777. The van der Waals surface area contributed by atoms with E-state index in [1.165, 1.54) is 5.56 Å². The molecule has 1 unspecified atom stereocenters. The van der Waals surface area contributed by atoms with Gasteiger partial charge in [0.05, 0.1) is 13.0 Å². The van der Waals surface area contributed by atoms with Crippen molar-refractivity contribution in [1.29, 1.82) is 0 Å². The van der Waals surface area contributed by atoms with E-state index in [1.54, 1.807) is 0 Å². The highest BCUT2D eigenvalue weighted by Gasteiger charge is 2.31. The highest BCUT2D eigenvalue weighted by atomic mass is 16.5. The van der Waals surface area contributed by atoms with Crippen LogP contribution in [0, 0.1) is 0 Å². The van der Waals surface area contributed by atoms with Crippen molar-refractivity contribution in [2.24, 2.45) is 5.73 Å². The number of carbonyl (C=O) groups is 1. The molecule has 0 saturated carbocycles. The maximum Gasteiger partial charge on any atom is 0.229 e.